The zero-order valence-corrected chi connectivity index (χ0v) is 10.7. The van der Waals surface area contributed by atoms with Crippen molar-refractivity contribution < 1.29 is 9.90 Å². The summed E-state index contributed by atoms with van der Waals surface area (Å²) >= 11 is 5.91. The summed E-state index contributed by atoms with van der Waals surface area (Å²) in [6.07, 6.45) is 1.54. The lowest BCUT2D eigenvalue weighted by atomic mass is 10.3. The molecule has 1 aromatic rings. The molecule has 1 rings (SSSR count). The minimum Gasteiger partial charge on any atom is -0.395 e. The van der Waals surface area contributed by atoms with Gasteiger partial charge in [0, 0.05) is 13.1 Å². The molecule has 0 spiro atoms. The first-order chi connectivity index (χ1) is 8.13. The Morgan fingerprint density at radius 2 is 2.12 bits per heavy atom. The van der Waals surface area contributed by atoms with Crippen molar-refractivity contribution in [3.63, 3.8) is 0 Å². The minimum absolute atomic E-state index is 0.00103. The van der Waals surface area contributed by atoms with Gasteiger partial charge in [-0.25, -0.2) is 9.97 Å². The van der Waals surface area contributed by atoms with E-state index in [2.05, 4.69) is 9.97 Å². The maximum atomic E-state index is 11.0. The number of aryl methyl sites for hydroxylation is 1. The Morgan fingerprint density at radius 1 is 1.41 bits per heavy atom. The number of aldehydes is 1. The number of hydrogen-bond donors (Lipinski definition) is 1. The summed E-state index contributed by atoms with van der Waals surface area (Å²) in [6, 6.07) is 0. The molecule has 0 aromatic carbocycles. The molecule has 0 aliphatic rings. The van der Waals surface area contributed by atoms with Gasteiger partial charge in [-0.2, -0.15) is 0 Å². The van der Waals surface area contributed by atoms with Crippen LogP contribution in [0.3, 0.4) is 0 Å². The Labute approximate surface area is 105 Å². The highest BCUT2D eigenvalue weighted by Crippen LogP contribution is 2.22. The predicted octanol–water partition coefficient (Wildman–Crippen LogP) is 1.46. The zero-order valence-electron chi connectivity index (χ0n) is 9.98. The van der Waals surface area contributed by atoms with Crippen LogP contribution in [0.25, 0.3) is 0 Å². The monoisotopic (exact) mass is 257 g/mol. The second-order valence-corrected chi connectivity index (χ2v) is 3.99. The average Bonchev–Trinajstić information content (AvgIpc) is 2.28. The smallest absolute Gasteiger partial charge is 0.156 e. The summed E-state index contributed by atoms with van der Waals surface area (Å²) in [5.74, 6) is 1.00. The summed E-state index contributed by atoms with van der Waals surface area (Å²) in [4.78, 5) is 21.0. The fraction of sp³-hybridized carbons (Fsp3) is 0.545. The van der Waals surface area contributed by atoms with Gasteiger partial charge in [0.2, 0.25) is 0 Å². The lowest BCUT2D eigenvalue weighted by Crippen LogP contribution is -2.29. The third-order valence-electron chi connectivity index (χ3n) is 2.27. The molecule has 1 aromatic heterocycles. The van der Waals surface area contributed by atoms with Crippen LogP contribution in [0.4, 0.5) is 5.82 Å². The van der Waals surface area contributed by atoms with Crippen molar-refractivity contribution in [3.8, 4) is 0 Å². The summed E-state index contributed by atoms with van der Waals surface area (Å²) in [6.45, 7) is 4.85. The van der Waals surface area contributed by atoms with Crippen molar-refractivity contribution >= 4 is 23.7 Å². The number of aliphatic hydroxyl groups is 1. The van der Waals surface area contributed by atoms with Crippen LogP contribution < -0.4 is 4.90 Å². The van der Waals surface area contributed by atoms with E-state index < -0.39 is 0 Å². The Bertz CT molecular complexity index is 393. The third-order valence-corrected chi connectivity index (χ3v) is 2.56. The van der Waals surface area contributed by atoms with Crippen LogP contribution in [0.1, 0.15) is 29.5 Å². The Hall–Kier alpha value is -1.20. The molecule has 1 N–H and O–H groups in total. The Balaban J connectivity index is 3.19. The molecule has 0 saturated heterocycles. The molecule has 0 aliphatic carbocycles. The molecule has 0 radical (unpaired) electrons. The van der Waals surface area contributed by atoms with E-state index in [1.165, 1.54) is 0 Å². The van der Waals surface area contributed by atoms with Crippen molar-refractivity contribution in [3.05, 3.63) is 16.5 Å². The van der Waals surface area contributed by atoms with Crippen molar-refractivity contribution in [1.29, 1.82) is 0 Å². The lowest BCUT2D eigenvalue weighted by Gasteiger charge is -2.23. The van der Waals surface area contributed by atoms with Crippen LogP contribution in [0.5, 0.6) is 0 Å². The molecule has 0 saturated carbocycles. The molecule has 6 heteroatoms. The van der Waals surface area contributed by atoms with Gasteiger partial charge in [-0.05, 0) is 13.3 Å². The van der Waals surface area contributed by atoms with E-state index in [9.17, 15) is 4.79 Å². The molecule has 1 heterocycles. The number of aromatic nitrogens is 2. The number of carbonyl (C=O) groups excluding carboxylic acids is 1. The second kappa shape index (κ2) is 6.51. The Morgan fingerprint density at radius 3 is 2.65 bits per heavy atom. The quantitative estimate of drug-likeness (QED) is 0.617. The van der Waals surface area contributed by atoms with Gasteiger partial charge < -0.3 is 10.0 Å². The molecule has 0 aliphatic heterocycles. The van der Waals surface area contributed by atoms with Gasteiger partial charge in [0.15, 0.2) is 6.29 Å². The van der Waals surface area contributed by atoms with E-state index in [1.54, 1.807) is 6.92 Å². The predicted molar refractivity (Wildman–Crippen MR) is 66.8 cm³/mol. The number of aliphatic hydroxyl groups excluding tert-OH is 1. The first-order valence-corrected chi connectivity index (χ1v) is 5.87. The molecular weight excluding hydrogens is 242 g/mol. The van der Waals surface area contributed by atoms with Gasteiger partial charge in [-0.15, -0.1) is 0 Å². The van der Waals surface area contributed by atoms with Crippen LogP contribution in [0.15, 0.2) is 0 Å². The number of anilines is 1. The third kappa shape index (κ3) is 3.38. The highest BCUT2D eigenvalue weighted by molar-refractivity contribution is 6.32. The maximum absolute atomic E-state index is 11.0. The first-order valence-electron chi connectivity index (χ1n) is 5.49. The maximum Gasteiger partial charge on any atom is 0.156 e. The largest absolute Gasteiger partial charge is 0.395 e. The highest BCUT2D eigenvalue weighted by Gasteiger charge is 2.16. The zero-order chi connectivity index (χ0) is 12.8. The van der Waals surface area contributed by atoms with Crippen LogP contribution in [0.2, 0.25) is 5.15 Å². The van der Waals surface area contributed by atoms with E-state index in [4.69, 9.17) is 16.7 Å². The number of rotatable bonds is 6. The van der Waals surface area contributed by atoms with E-state index in [-0.39, 0.29) is 17.3 Å². The van der Waals surface area contributed by atoms with Gasteiger partial charge in [0.1, 0.15) is 16.8 Å². The Kier molecular flexibility index (Phi) is 5.31. The van der Waals surface area contributed by atoms with Gasteiger partial charge in [-0.3, -0.25) is 4.79 Å². The number of nitrogens with zero attached hydrogens (tertiary/aromatic N) is 3. The van der Waals surface area contributed by atoms with Crippen LogP contribution in [0, 0.1) is 6.92 Å². The molecule has 0 bridgehead atoms. The molecule has 0 amide bonds. The number of carbonyl (C=O) groups is 1. The van der Waals surface area contributed by atoms with Crippen molar-refractivity contribution in [2.24, 2.45) is 0 Å². The van der Waals surface area contributed by atoms with Crippen LogP contribution in [-0.2, 0) is 0 Å². The van der Waals surface area contributed by atoms with E-state index in [1.807, 2.05) is 11.8 Å². The van der Waals surface area contributed by atoms with E-state index in [0.29, 0.717) is 31.0 Å². The molecule has 0 fully saturated rings. The van der Waals surface area contributed by atoms with E-state index >= 15 is 0 Å². The molecule has 0 atom stereocenters. The normalized spacial score (nSPS) is 10.4. The summed E-state index contributed by atoms with van der Waals surface area (Å²) < 4.78 is 0. The van der Waals surface area contributed by atoms with Gasteiger partial charge in [0.25, 0.3) is 0 Å². The van der Waals surface area contributed by atoms with Crippen LogP contribution in [-0.4, -0.2) is 41.1 Å². The van der Waals surface area contributed by atoms with Crippen molar-refractivity contribution in [1.82, 2.24) is 9.97 Å². The van der Waals surface area contributed by atoms with E-state index in [0.717, 1.165) is 6.42 Å². The SMILES string of the molecule is CCCN(CCO)c1nc(C)nc(Cl)c1C=O. The minimum atomic E-state index is -0.00103. The lowest BCUT2D eigenvalue weighted by molar-refractivity contribution is 0.112. The van der Waals surface area contributed by atoms with Crippen molar-refractivity contribution in [2.75, 3.05) is 24.6 Å². The first kappa shape index (κ1) is 13.9. The molecular formula is C11H16ClN3O2. The highest BCUT2D eigenvalue weighted by atomic mass is 35.5. The molecule has 17 heavy (non-hydrogen) atoms. The number of hydrogen-bond acceptors (Lipinski definition) is 5. The van der Waals surface area contributed by atoms with Gasteiger partial charge in [-0.1, -0.05) is 18.5 Å². The van der Waals surface area contributed by atoms with Gasteiger partial charge in [0.05, 0.1) is 12.2 Å². The topological polar surface area (TPSA) is 66.3 Å². The fourth-order valence-electron chi connectivity index (χ4n) is 1.59. The van der Waals surface area contributed by atoms with Gasteiger partial charge >= 0.3 is 0 Å². The summed E-state index contributed by atoms with van der Waals surface area (Å²) in [7, 11) is 0. The second-order valence-electron chi connectivity index (χ2n) is 3.63. The molecule has 94 valence electrons. The average molecular weight is 258 g/mol. The summed E-state index contributed by atoms with van der Waals surface area (Å²) in [5, 5.41) is 9.17. The number of halogens is 1. The molecule has 0 unspecified atom stereocenters. The molecule has 5 nitrogen and oxygen atoms in total. The standard InChI is InChI=1S/C11H16ClN3O2/c1-3-4-15(5-6-16)11-9(7-17)10(12)13-8(2)14-11/h7,16H,3-6H2,1-2H3. The van der Waals surface area contributed by atoms with Crippen LogP contribution >= 0.6 is 11.6 Å². The summed E-state index contributed by atoms with van der Waals surface area (Å²) in [5.41, 5.74) is 0.277. The fourth-order valence-corrected chi connectivity index (χ4v) is 1.84. The van der Waals surface area contributed by atoms with Crippen molar-refractivity contribution in [2.45, 2.75) is 20.3 Å².